The van der Waals surface area contributed by atoms with E-state index >= 15 is 0 Å². The van der Waals surface area contributed by atoms with E-state index in [9.17, 15) is 5.11 Å². The highest BCUT2D eigenvalue weighted by atomic mass is 16.5. The first kappa shape index (κ1) is 14.2. The van der Waals surface area contributed by atoms with Gasteiger partial charge in [-0.3, -0.25) is 4.68 Å². The number of hydrogen-bond donors (Lipinski definition) is 2. The average Bonchev–Trinajstić information content (AvgIpc) is 2.73. The highest BCUT2D eigenvalue weighted by Crippen LogP contribution is 2.06. The molecule has 0 radical (unpaired) electrons. The van der Waals surface area contributed by atoms with Crippen molar-refractivity contribution in [2.45, 2.75) is 39.0 Å². The summed E-state index contributed by atoms with van der Waals surface area (Å²) in [7, 11) is 0. The Kier molecular flexibility index (Phi) is 5.61. The summed E-state index contributed by atoms with van der Waals surface area (Å²) in [5.41, 5.74) is -0.198. The smallest absolute Gasteiger partial charge is 0.0897 e. The van der Waals surface area contributed by atoms with Gasteiger partial charge in [-0.1, -0.05) is 0 Å². The van der Waals surface area contributed by atoms with E-state index in [-0.39, 0.29) is 5.60 Å². The number of ether oxygens (including phenoxy) is 1. The molecule has 1 aromatic heterocycles. The van der Waals surface area contributed by atoms with Crippen LogP contribution < -0.4 is 5.32 Å². The van der Waals surface area contributed by atoms with Gasteiger partial charge in [-0.05, 0) is 26.8 Å². The Bertz CT molecular complexity index is 293. The van der Waals surface area contributed by atoms with Crippen LogP contribution in [0.2, 0.25) is 0 Å². The molecule has 0 amide bonds. The van der Waals surface area contributed by atoms with Crippen LogP contribution in [0.4, 0.5) is 0 Å². The van der Waals surface area contributed by atoms with Gasteiger partial charge < -0.3 is 15.2 Å². The van der Waals surface area contributed by atoms with Gasteiger partial charge in [0.1, 0.15) is 0 Å². The largest absolute Gasteiger partial charge is 0.389 e. The lowest BCUT2D eigenvalue weighted by atomic mass is 10.2. The standard InChI is InChI=1S/C12H23N3O2/c1-12(2,3)17-10-11(16)9-13-6-8-15-7-4-5-14-15/h4-5,7,11,13,16H,6,8-10H2,1-3H3. The summed E-state index contributed by atoms with van der Waals surface area (Å²) in [6, 6.07) is 1.89. The van der Waals surface area contributed by atoms with Crippen LogP contribution in [0.5, 0.6) is 0 Å². The van der Waals surface area contributed by atoms with Crippen molar-refractivity contribution < 1.29 is 9.84 Å². The lowest BCUT2D eigenvalue weighted by molar-refractivity contribution is -0.0478. The fraction of sp³-hybridized carbons (Fsp3) is 0.750. The van der Waals surface area contributed by atoms with Crippen LogP contribution in [0.25, 0.3) is 0 Å². The fourth-order valence-electron chi connectivity index (χ4n) is 1.30. The Balaban J connectivity index is 2.02. The SMILES string of the molecule is CC(C)(C)OCC(O)CNCCn1cccn1. The van der Waals surface area contributed by atoms with Gasteiger partial charge in [0.25, 0.3) is 0 Å². The second kappa shape index (κ2) is 6.74. The molecule has 0 aromatic carbocycles. The Morgan fingerprint density at radius 2 is 2.24 bits per heavy atom. The molecule has 0 aliphatic heterocycles. The Morgan fingerprint density at radius 1 is 1.47 bits per heavy atom. The molecule has 1 atom stereocenters. The third-order valence-corrected chi connectivity index (χ3v) is 2.17. The van der Waals surface area contributed by atoms with Crippen molar-refractivity contribution in [1.29, 1.82) is 0 Å². The Morgan fingerprint density at radius 3 is 2.82 bits per heavy atom. The third kappa shape index (κ3) is 7.10. The number of aliphatic hydroxyl groups is 1. The van der Waals surface area contributed by atoms with Crippen LogP contribution in [0.1, 0.15) is 20.8 Å². The molecule has 0 fully saturated rings. The van der Waals surface area contributed by atoms with Gasteiger partial charge in [0.15, 0.2) is 0 Å². The van der Waals surface area contributed by atoms with E-state index in [1.807, 2.05) is 37.7 Å². The van der Waals surface area contributed by atoms with Crippen LogP contribution in [-0.2, 0) is 11.3 Å². The van der Waals surface area contributed by atoms with Crippen LogP contribution in [0.15, 0.2) is 18.5 Å². The molecule has 98 valence electrons. The third-order valence-electron chi connectivity index (χ3n) is 2.17. The van der Waals surface area contributed by atoms with Crippen LogP contribution in [-0.4, -0.2) is 46.3 Å². The van der Waals surface area contributed by atoms with E-state index in [1.165, 1.54) is 0 Å². The molecule has 0 saturated carbocycles. The fourth-order valence-corrected chi connectivity index (χ4v) is 1.30. The summed E-state index contributed by atoms with van der Waals surface area (Å²) in [5.74, 6) is 0. The average molecular weight is 241 g/mol. The molecular formula is C12H23N3O2. The predicted molar refractivity (Wildman–Crippen MR) is 66.8 cm³/mol. The topological polar surface area (TPSA) is 59.3 Å². The van der Waals surface area contributed by atoms with Gasteiger partial charge in [-0.15, -0.1) is 0 Å². The van der Waals surface area contributed by atoms with E-state index in [1.54, 1.807) is 6.20 Å². The number of nitrogens with one attached hydrogen (secondary N) is 1. The van der Waals surface area contributed by atoms with Gasteiger partial charge in [0, 0.05) is 25.5 Å². The van der Waals surface area contributed by atoms with Crippen molar-refractivity contribution in [1.82, 2.24) is 15.1 Å². The van der Waals surface area contributed by atoms with Crippen molar-refractivity contribution in [2.24, 2.45) is 0 Å². The van der Waals surface area contributed by atoms with Gasteiger partial charge in [-0.25, -0.2) is 0 Å². The summed E-state index contributed by atoms with van der Waals surface area (Å²) in [6.07, 6.45) is 3.21. The highest BCUT2D eigenvalue weighted by Gasteiger charge is 2.13. The Labute approximate surface area is 103 Å². The molecule has 2 N–H and O–H groups in total. The predicted octanol–water partition coefficient (Wildman–Crippen LogP) is 0.649. The van der Waals surface area contributed by atoms with Gasteiger partial charge in [0.05, 0.1) is 24.9 Å². The molecule has 5 nitrogen and oxygen atoms in total. The molecule has 1 rings (SSSR count). The maximum Gasteiger partial charge on any atom is 0.0897 e. The number of rotatable bonds is 7. The number of hydrogen-bond acceptors (Lipinski definition) is 4. The van der Waals surface area contributed by atoms with Gasteiger partial charge in [0.2, 0.25) is 0 Å². The molecule has 1 aromatic rings. The monoisotopic (exact) mass is 241 g/mol. The van der Waals surface area contributed by atoms with Crippen LogP contribution in [0.3, 0.4) is 0 Å². The second-order valence-electron chi connectivity index (χ2n) is 5.05. The zero-order valence-electron chi connectivity index (χ0n) is 10.9. The van der Waals surface area contributed by atoms with E-state index in [4.69, 9.17) is 4.74 Å². The molecule has 17 heavy (non-hydrogen) atoms. The van der Waals surface area contributed by atoms with Crippen molar-refractivity contribution in [3.05, 3.63) is 18.5 Å². The van der Waals surface area contributed by atoms with Crippen molar-refractivity contribution in [3.63, 3.8) is 0 Å². The molecule has 1 heterocycles. The van der Waals surface area contributed by atoms with Gasteiger partial charge >= 0.3 is 0 Å². The molecular weight excluding hydrogens is 218 g/mol. The minimum absolute atomic E-state index is 0.198. The summed E-state index contributed by atoms with van der Waals surface area (Å²) in [5, 5.41) is 16.9. The molecule has 0 aliphatic rings. The number of nitrogens with zero attached hydrogens (tertiary/aromatic N) is 2. The first-order valence-corrected chi connectivity index (χ1v) is 5.97. The maximum absolute atomic E-state index is 9.66. The lowest BCUT2D eigenvalue weighted by Crippen LogP contribution is -2.35. The first-order valence-electron chi connectivity index (χ1n) is 5.97. The van der Waals surface area contributed by atoms with E-state index in [2.05, 4.69) is 10.4 Å². The number of aromatic nitrogens is 2. The zero-order chi connectivity index (χ0) is 12.7. The van der Waals surface area contributed by atoms with Gasteiger partial charge in [-0.2, -0.15) is 5.10 Å². The highest BCUT2D eigenvalue weighted by molar-refractivity contribution is 4.77. The van der Waals surface area contributed by atoms with E-state index in [0.717, 1.165) is 13.1 Å². The van der Waals surface area contributed by atoms with Crippen LogP contribution >= 0.6 is 0 Å². The summed E-state index contributed by atoms with van der Waals surface area (Å²) in [6.45, 7) is 8.42. The lowest BCUT2D eigenvalue weighted by Gasteiger charge is -2.22. The van der Waals surface area contributed by atoms with E-state index in [0.29, 0.717) is 13.2 Å². The molecule has 0 aliphatic carbocycles. The Hall–Kier alpha value is -0.910. The number of aliphatic hydroxyl groups excluding tert-OH is 1. The molecule has 1 unspecified atom stereocenters. The van der Waals surface area contributed by atoms with Crippen molar-refractivity contribution >= 4 is 0 Å². The summed E-state index contributed by atoms with van der Waals surface area (Å²) in [4.78, 5) is 0. The quantitative estimate of drug-likeness (QED) is 0.688. The molecule has 0 bridgehead atoms. The van der Waals surface area contributed by atoms with Crippen molar-refractivity contribution in [2.75, 3.05) is 19.7 Å². The minimum atomic E-state index is -0.466. The zero-order valence-corrected chi connectivity index (χ0v) is 10.9. The minimum Gasteiger partial charge on any atom is -0.389 e. The molecule has 5 heteroatoms. The molecule has 0 saturated heterocycles. The van der Waals surface area contributed by atoms with Crippen LogP contribution in [0, 0.1) is 0 Å². The normalized spacial score (nSPS) is 13.9. The van der Waals surface area contributed by atoms with E-state index < -0.39 is 6.10 Å². The summed E-state index contributed by atoms with van der Waals surface area (Å²) >= 11 is 0. The maximum atomic E-state index is 9.66. The molecule has 0 spiro atoms. The van der Waals surface area contributed by atoms with Crippen molar-refractivity contribution in [3.8, 4) is 0 Å². The second-order valence-corrected chi connectivity index (χ2v) is 5.05. The summed E-state index contributed by atoms with van der Waals surface area (Å²) < 4.78 is 7.34. The first-order chi connectivity index (χ1) is 7.97.